The first-order valence-electron chi connectivity index (χ1n) is 7.25. The monoisotopic (exact) mass is 308 g/mol. The predicted molar refractivity (Wildman–Crippen MR) is 88.1 cm³/mol. The Morgan fingerprint density at radius 3 is 2.48 bits per heavy atom. The maximum Gasteiger partial charge on any atom is 0.251 e. The summed E-state index contributed by atoms with van der Waals surface area (Å²) < 4.78 is 0. The molecule has 1 heterocycles. The van der Waals surface area contributed by atoms with Crippen LogP contribution in [0.2, 0.25) is 0 Å². The van der Waals surface area contributed by atoms with Crippen LogP contribution in [0.3, 0.4) is 0 Å². The topological polar surface area (TPSA) is 86.9 Å². The van der Waals surface area contributed by atoms with E-state index in [2.05, 4.69) is 20.6 Å². The van der Waals surface area contributed by atoms with E-state index in [-0.39, 0.29) is 11.8 Å². The van der Waals surface area contributed by atoms with Gasteiger partial charge in [0.15, 0.2) is 0 Å². The Bertz CT molecular complexity index is 809. The number of aromatic nitrogens is 2. The van der Waals surface area contributed by atoms with Gasteiger partial charge in [0, 0.05) is 5.56 Å². The summed E-state index contributed by atoms with van der Waals surface area (Å²) in [4.78, 5) is 31.5. The van der Waals surface area contributed by atoms with Gasteiger partial charge in [-0.1, -0.05) is 30.3 Å². The Labute approximate surface area is 132 Å². The number of benzene rings is 2. The first-order chi connectivity index (χ1) is 11.1. The van der Waals surface area contributed by atoms with Crippen LogP contribution in [0.4, 0.5) is 5.95 Å². The fraction of sp³-hybridized carbons (Fsp3) is 0.118. The Morgan fingerprint density at radius 2 is 1.74 bits per heavy atom. The zero-order valence-corrected chi connectivity index (χ0v) is 12.5. The van der Waals surface area contributed by atoms with Crippen LogP contribution in [-0.4, -0.2) is 27.8 Å². The smallest absolute Gasteiger partial charge is 0.251 e. The van der Waals surface area contributed by atoms with Crippen LogP contribution in [-0.2, 0) is 4.79 Å². The molecule has 0 unspecified atom stereocenters. The highest BCUT2D eigenvalue weighted by molar-refractivity contribution is 6.00. The van der Waals surface area contributed by atoms with Gasteiger partial charge in [-0.3, -0.25) is 14.9 Å². The number of anilines is 1. The van der Waals surface area contributed by atoms with Crippen molar-refractivity contribution in [1.82, 2.24) is 15.3 Å². The van der Waals surface area contributed by atoms with E-state index < -0.39 is 6.04 Å². The third kappa shape index (κ3) is 3.37. The fourth-order valence-electron chi connectivity index (χ4n) is 2.17. The highest BCUT2D eigenvalue weighted by atomic mass is 16.2. The Kier molecular flexibility index (Phi) is 4.05. The van der Waals surface area contributed by atoms with E-state index in [1.54, 1.807) is 31.2 Å². The molecule has 1 aromatic heterocycles. The number of hydrogen-bond acceptors (Lipinski definition) is 3. The molecule has 0 aliphatic rings. The Balaban J connectivity index is 1.64. The van der Waals surface area contributed by atoms with Crippen molar-refractivity contribution in [2.45, 2.75) is 13.0 Å². The van der Waals surface area contributed by atoms with Gasteiger partial charge < -0.3 is 10.3 Å². The van der Waals surface area contributed by atoms with Crippen LogP contribution in [0.1, 0.15) is 17.3 Å². The summed E-state index contributed by atoms with van der Waals surface area (Å²) >= 11 is 0. The van der Waals surface area contributed by atoms with E-state index in [0.29, 0.717) is 11.5 Å². The average Bonchev–Trinajstić information content (AvgIpc) is 2.97. The number of carbonyl (C=O) groups excluding carboxylic acids is 2. The molecular weight excluding hydrogens is 292 g/mol. The number of amides is 2. The lowest BCUT2D eigenvalue weighted by molar-refractivity contribution is -0.117. The number of nitrogens with zero attached hydrogens (tertiary/aromatic N) is 1. The second-order valence-electron chi connectivity index (χ2n) is 5.15. The van der Waals surface area contributed by atoms with Crippen molar-refractivity contribution in [1.29, 1.82) is 0 Å². The number of aromatic amines is 1. The van der Waals surface area contributed by atoms with Crippen LogP contribution in [0.5, 0.6) is 0 Å². The SMILES string of the molecule is C[C@H](NC(=O)c1ccccc1)C(=O)Nc1nc2ccccc2[nH]1. The number of carbonyl (C=O) groups is 2. The lowest BCUT2D eigenvalue weighted by atomic mass is 10.2. The first-order valence-corrected chi connectivity index (χ1v) is 7.25. The van der Waals surface area contributed by atoms with Gasteiger partial charge in [-0.2, -0.15) is 0 Å². The molecule has 0 saturated heterocycles. The zero-order chi connectivity index (χ0) is 16.2. The molecule has 23 heavy (non-hydrogen) atoms. The second kappa shape index (κ2) is 6.31. The van der Waals surface area contributed by atoms with Gasteiger partial charge >= 0.3 is 0 Å². The van der Waals surface area contributed by atoms with Crippen molar-refractivity contribution in [2.75, 3.05) is 5.32 Å². The van der Waals surface area contributed by atoms with E-state index in [9.17, 15) is 9.59 Å². The van der Waals surface area contributed by atoms with Crippen molar-refractivity contribution in [3.8, 4) is 0 Å². The average molecular weight is 308 g/mol. The summed E-state index contributed by atoms with van der Waals surface area (Å²) in [6.07, 6.45) is 0. The molecular formula is C17H16N4O2. The van der Waals surface area contributed by atoms with Crippen LogP contribution in [0.15, 0.2) is 54.6 Å². The van der Waals surface area contributed by atoms with Gasteiger partial charge in [0.2, 0.25) is 11.9 Å². The molecule has 6 nitrogen and oxygen atoms in total. The van der Waals surface area contributed by atoms with Crippen molar-refractivity contribution in [3.05, 3.63) is 60.2 Å². The maximum absolute atomic E-state index is 12.2. The van der Waals surface area contributed by atoms with Crippen LogP contribution < -0.4 is 10.6 Å². The molecule has 116 valence electrons. The predicted octanol–water partition coefficient (Wildman–Crippen LogP) is 2.32. The molecule has 0 radical (unpaired) electrons. The van der Waals surface area contributed by atoms with Crippen molar-refractivity contribution in [2.24, 2.45) is 0 Å². The standard InChI is InChI=1S/C17H16N4O2/c1-11(18-16(23)12-7-3-2-4-8-12)15(22)21-17-19-13-9-5-6-10-14(13)20-17/h2-11H,1H3,(H,18,23)(H2,19,20,21,22)/t11-/m0/s1. The minimum atomic E-state index is -0.684. The minimum Gasteiger partial charge on any atom is -0.341 e. The summed E-state index contributed by atoms with van der Waals surface area (Å²) in [5.41, 5.74) is 2.11. The van der Waals surface area contributed by atoms with E-state index >= 15 is 0 Å². The Morgan fingerprint density at radius 1 is 1.04 bits per heavy atom. The van der Waals surface area contributed by atoms with Gasteiger partial charge in [0.25, 0.3) is 5.91 Å². The number of rotatable bonds is 4. The second-order valence-corrected chi connectivity index (χ2v) is 5.15. The number of H-pyrrole nitrogens is 1. The number of hydrogen-bond donors (Lipinski definition) is 3. The van der Waals surface area contributed by atoms with E-state index in [4.69, 9.17) is 0 Å². The molecule has 0 aliphatic carbocycles. The Hall–Kier alpha value is -3.15. The van der Waals surface area contributed by atoms with Gasteiger partial charge in [-0.15, -0.1) is 0 Å². The molecule has 0 spiro atoms. The summed E-state index contributed by atoms with van der Waals surface area (Å²) in [7, 11) is 0. The molecule has 3 aromatic rings. The highest BCUT2D eigenvalue weighted by Gasteiger charge is 2.17. The third-order valence-electron chi connectivity index (χ3n) is 3.41. The molecule has 0 aliphatic heterocycles. The molecule has 6 heteroatoms. The molecule has 0 saturated carbocycles. The first kappa shape index (κ1) is 14.8. The van der Waals surface area contributed by atoms with Crippen molar-refractivity contribution >= 4 is 28.8 Å². The minimum absolute atomic E-state index is 0.294. The highest BCUT2D eigenvalue weighted by Crippen LogP contribution is 2.13. The summed E-state index contributed by atoms with van der Waals surface area (Å²) in [5.74, 6) is -0.275. The molecule has 3 N–H and O–H groups in total. The molecule has 2 amide bonds. The van der Waals surface area contributed by atoms with E-state index in [1.165, 1.54) is 0 Å². The van der Waals surface area contributed by atoms with Crippen LogP contribution in [0.25, 0.3) is 11.0 Å². The lowest BCUT2D eigenvalue weighted by Gasteiger charge is -2.13. The molecule has 1 atom stereocenters. The van der Waals surface area contributed by atoms with Gasteiger partial charge in [-0.25, -0.2) is 4.98 Å². The summed E-state index contributed by atoms with van der Waals surface area (Å²) in [6.45, 7) is 1.62. The number of para-hydroxylation sites is 2. The lowest BCUT2D eigenvalue weighted by Crippen LogP contribution is -2.41. The fourth-order valence-corrected chi connectivity index (χ4v) is 2.17. The summed E-state index contributed by atoms with van der Waals surface area (Å²) in [5, 5.41) is 5.32. The largest absolute Gasteiger partial charge is 0.341 e. The quantitative estimate of drug-likeness (QED) is 0.691. The number of imidazole rings is 1. The van der Waals surface area contributed by atoms with Crippen molar-refractivity contribution < 1.29 is 9.59 Å². The molecule has 0 bridgehead atoms. The van der Waals surface area contributed by atoms with Crippen LogP contribution in [0, 0.1) is 0 Å². The maximum atomic E-state index is 12.2. The van der Waals surface area contributed by atoms with Crippen molar-refractivity contribution in [3.63, 3.8) is 0 Å². The van der Waals surface area contributed by atoms with Gasteiger partial charge in [0.05, 0.1) is 11.0 Å². The van der Waals surface area contributed by atoms with E-state index in [0.717, 1.165) is 11.0 Å². The number of fused-ring (bicyclic) bond motifs is 1. The summed E-state index contributed by atoms with van der Waals surface area (Å²) in [6, 6.07) is 15.6. The zero-order valence-electron chi connectivity index (χ0n) is 12.5. The van der Waals surface area contributed by atoms with Crippen LogP contribution >= 0.6 is 0 Å². The van der Waals surface area contributed by atoms with Gasteiger partial charge in [0.1, 0.15) is 6.04 Å². The normalized spacial score (nSPS) is 11.9. The molecule has 2 aromatic carbocycles. The third-order valence-corrected chi connectivity index (χ3v) is 3.41. The number of nitrogens with one attached hydrogen (secondary N) is 3. The van der Waals surface area contributed by atoms with E-state index in [1.807, 2.05) is 30.3 Å². The molecule has 3 rings (SSSR count). The van der Waals surface area contributed by atoms with Gasteiger partial charge in [-0.05, 0) is 31.2 Å². The molecule has 0 fully saturated rings.